The van der Waals surface area contributed by atoms with Crippen LogP contribution in [0.2, 0.25) is 0 Å². The minimum Gasteiger partial charge on any atom is -0.489 e. The molecule has 3 aromatic rings. The summed E-state index contributed by atoms with van der Waals surface area (Å²) in [5, 5.41) is 7.04. The van der Waals surface area contributed by atoms with Crippen LogP contribution in [0.25, 0.3) is 11.5 Å². The van der Waals surface area contributed by atoms with Gasteiger partial charge in [-0.3, -0.25) is 5.32 Å². The van der Waals surface area contributed by atoms with E-state index in [4.69, 9.17) is 9.26 Å². The van der Waals surface area contributed by atoms with Gasteiger partial charge < -0.3 is 14.2 Å². The van der Waals surface area contributed by atoms with Crippen LogP contribution in [0.3, 0.4) is 0 Å². The molecule has 0 aliphatic carbocycles. The number of ether oxygens (including phenoxy) is 1. The summed E-state index contributed by atoms with van der Waals surface area (Å²) in [5.41, 5.74) is 1.55. The third-order valence-electron chi connectivity index (χ3n) is 3.66. The van der Waals surface area contributed by atoms with Gasteiger partial charge in [-0.25, -0.2) is 9.97 Å². The summed E-state index contributed by atoms with van der Waals surface area (Å²) < 4.78 is 10.9. The first-order valence-corrected chi connectivity index (χ1v) is 8.46. The zero-order chi connectivity index (χ0) is 18.5. The van der Waals surface area contributed by atoms with Crippen LogP contribution in [-0.2, 0) is 0 Å². The molecule has 0 radical (unpaired) electrons. The van der Waals surface area contributed by atoms with Gasteiger partial charge in [0.2, 0.25) is 5.82 Å². The van der Waals surface area contributed by atoms with Gasteiger partial charge in [0.25, 0.3) is 0 Å². The van der Waals surface area contributed by atoms with E-state index in [1.165, 1.54) is 0 Å². The van der Waals surface area contributed by atoms with E-state index < -0.39 is 0 Å². The average Bonchev–Trinajstić information content (AvgIpc) is 3.10. The molecule has 136 valence electrons. The Bertz CT molecular complexity index is 847. The van der Waals surface area contributed by atoms with E-state index in [0.29, 0.717) is 23.1 Å². The van der Waals surface area contributed by atoms with Crippen LogP contribution in [0.4, 0.5) is 17.5 Å². The van der Waals surface area contributed by atoms with E-state index in [0.717, 1.165) is 12.2 Å². The molecule has 1 N–H and O–H groups in total. The first-order valence-electron chi connectivity index (χ1n) is 8.46. The fraction of sp³-hybridized carbons (Fsp3) is 0.333. The number of nitrogens with zero attached hydrogens (tertiary/aromatic N) is 5. The highest BCUT2D eigenvalue weighted by molar-refractivity contribution is 5.69. The van der Waals surface area contributed by atoms with E-state index in [1.807, 2.05) is 39.1 Å². The Hall–Kier alpha value is -3.16. The van der Waals surface area contributed by atoms with Crippen LogP contribution >= 0.6 is 0 Å². The summed E-state index contributed by atoms with van der Waals surface area (Å²) in [6, 6.07) is 7.75. The monoisotopic (exact) mass is 354 g/mol. The minimum absolute atomic E-state index is 0.0949. The van der Waals surface area contributed by atoms with Crippen LogP contribution in [0, 0.1) is 0 Å². The molecule has 0 unspecified atom stereocenters. The van der Waals surface area contributed by atoms with Crippen molar-refractivity contribution in [3.63, 3.8) is 0 Å². The van der Waals surface area contributed by atoms with Gasteiger partial charge in [-0.2, -0.15) is 4.98 Å². The minimum atomic E-state index is 0.0949. The van der Waals surface area contributed by atoms with Crippen molar-refractivity contribution in [3.05, 3.63) is 36.7 Å². The van der Waals surface area contributed by atoms with Gasteiger partial charge in [-0.05, 0) is 45.0 Å². The third-order valence-corrected chi connectivity index (χ3v) is 3.66. The lowest BCUT2D eigenvalue weighted by molar-refractivity contribution is 0.241. The summed E-state index contributed by atoms with van der Waals surface area (Å²) in [7, 11) is 1.99. The number of hydrogen-bond acceptors (Lipinski definition) is 8. The molecule has 3 rings (SSSR count). The molecular formula is C18H22N6O2. The molecule has 0 saturated heterocycles. The van der Waals surface area contributed by atoms with E-state index in [2.05, 4.69) is 37.2 Å². The number of nitrogens with one attached hydrogen (secondary N) is 1. The van der Waals surface area contributed by atoms with Gasteiger partial charge in [-0.1, -0.05) is 5.16 Å². The molecule has 0 fully saturated rings. The van der Waals surface area contributed by atoms with E-state index in [1.54, 1.807) is 18.5 Å². The Kier molecular flexibility index (Phi) is 5.31. The van der Waals surface area contributed by atoms with Crippen molar-refractivity contribution < 1.29 is 9.26 Å². The largest absolute Gasteiger partial charge is 0.489 e. The van der Waals surface area contributed by atoms with E-state index >= 15 is 0 Å². The summed E-state index contributed by atoms with van der Waals surface area (Å²) in [6.07, 6.45) is 3.45. The van der Waals surface area contributed by atoms with Gasteiger partial charge in [0, 0.05) is 19.8 Å². The molecule has 3 heterocycles. The van der Waals surface area contributed by atoms with Crippen LogP contribution in [0.5, 0.6) is 5.75 Å². The van der Waals surface area contributed by atoms with Crippen molar-refractivity contribution in [1.29, 1.82) is 0 Å². The van der Waals surface area contributed by atoms with Crippen LogP contribution < -0.4 is 15.0 Å². The highest BCUT2D eigenvalue weighted by atomic mass is 16.5. The molecule has 0 aliphatic heterocycles. The normalized spacial score (nSPS) is 10.8. The molecule has 8 nitrogen and oxygen atoms in total. The predicted octanol–water partition coefficient (Wildman–Crippen LogP) is 3.51. The molecule has 0 aromatic carbocycles. The molecule has 0 aliphatic rings. The molecule has 0 spiro atoms. The number of pyridine rings is 2. The molecule has 0 atom stereocenters. The van der Waals surface area contributed by atoms with E-state index in [-0.39, 0.29) is 12.1 Å². The van der Waals surface area contributed by atoms with Gasteiger partial charge in [0.15, 0.2) is 5.82 Å². The lowest BCUT2D eigenvalue weighted by Crippen LogP contribution is -2.17. The topological polar surface area (TPSA) is 89.2 Å². The molecule has 26 heavy (non-hydrogen) atoms. The summed E-state index contributed by atoms with van der Waals surface area (Å²) >= 11 is 0. The first kappa shape index (κ1) is 17.7. The van der Waals surface area contributed by atoms with Crippen molar-refractivity contribution in [2.24, 2.45) is 0 Å². The lowest BCUT2D eigenvalue weighted by Gasteiger charge is -2.19. The van der Waals surface area contributed by atoms with Gasteiger partial charge in [-0.15, -0.1) is 0 Å². The second kappa shape index (κ2) is 7.81. The molecule has 0 bridgehead atoms. The Morgan fingerprint density at radius 3 is 2.77 bits per heavy atom. The third kappa shape index (κ3) is 4.08. The van der Waals surface area contributed by atoms with Crippen molar-refractivity contribution in [2.75, 3.05) is 23.8 Å². The Labute approximate surface area is 152 Å². The second-order valence-electron chi connectivity index (χ2n) is 5.98. The smallest absolute Gasteiger partial charge is 0.327 e. The number of hydrogen-bond donors (Lipinski definition) is 1. The lowest BCUT2D eigenvalue weighted by atomic mass is 10.3. The molecule has 0 amide bonds. The molecular weight excluding hydrogens is 332 g/mol. The second-order valence-corrected chi connectivity index (χ2v) is 5.98. The molecule has 0 saturated carbocycles. The van der Waals surface area contributed by atoms with Crippen LogP contribution in [-0.4, -0.2) is 39.8 Å². The van der Waals surface area contributed by atoms with Crippen molar-refractivity contribution in [3.8, 4) is 17.3 Å². The van der Waals surface area contributed by atoms with Crippen molar-refractivity contribution in [1.82, 2.24) is 20.1 Å². The fourth-order valence-electron chi connectivity index (χ4n) is 2.31. The summed E-state index contributed by atoms with van der Waals surface area (Å²) in [6.45, 7) is 6.85. The summed E-state index contributed by atoms with van der Waals surface area (Å²) in [4.78, 5) is 15.1. The zero-order valence-corrected chi connectivity index (χ0v) is 15.3. The number of rotatable bonds is 7. The number of aromatic nitrogens is 4. The Morgan fingerprint density at radius 1 is 1.23 bits per heavy atom. The van der Waals surface area contributed by atoms with Crippen molar-refractivity contribution in [2.45, 2.75) is 26.9 Å². The van der Waals surface area contributed by atoms with Crippen LogP contribution in [0.1, 0.15) is 20.8 Å². The van der Waals surface area contributed by atoms with E-state index in [9.17, 15) is 0 Å². The maximum atomic E-state index is 5.58. The Morgan fingerprint density at radius 2 is 2.08 bits per heavy atom. The summed E-state index contributed by atoms with van der Waals surface area (Å²) in [5.74, 6) is 1.75. The fourth-order valence-corrected chi connectivity index (χ4v) is 2.31. The molecule has 3 aromatic heterocycles. The predicted molar refractivity (Wildman–Crippen MR) is 99.8 cm³/mol. The SMILES string of the molecule is CCN(C)c1cccnc1Nc1nc(-c2ccc(OC(C)C)cn2)no1. The molecule has 8 heteroatoms. The van der Waals surface area contributed by atoms with Gasteiger partial charge in [0.05, 0.1) is 18.0 Å². The van der Waals surface area contributed by atoms with Gasteiger partial charge >= 0.3 is 6.01 Å². The maximum Gasteiger partial charge on any atom is 0.327 e. The highest BCUT2D eigenvalue weighted by Gasteiger charge is 2.13. The standard InChI is InChI=1S/C18H22N6O2/c1-5-24(4)15-7-6-10-19-17(15)22-18-21-16(23-26-18)14-9-8-13(11-20-14)25-12(2)3/h6-12H,5H2,1-4H3,(H,19,21,22,23). The van der Waals surface area contributed by atoms with Gasteiger partial charge in [0.1, 0.15) is 11.4 Å². The average molecular weight is 354 g/mol. The maximum absolute atomic E-state index is 5.58. The Balaban J connectivity index is 1.77. The number of anilines is 3. The first-order chi connectivity index (χ1) is 12.6. The quantitative estimate of drug-likeness (QED) is 0.689. The zero-order valence-electron chi connectivity index (χ0n) is 15.3. The van der Waals surface area contributed by atoms with Crippen molar-refractivity contribution >= 4 is 17.5 Å². The highest BCUT2D eigenvalue weighted by Crippen LogP contribution is 2.26. The van der Waals surface area contributed by atoms with Crippen LogP contribution in [0.15, 0.2) is 41.2 Å².